The lowest BCUT2D eigenvalue weighted by Crippen LogP contribution is -2.35. The quantitative estimate of drug-likeness (QED) is 0.757. The highest BCUT2D eigenvalue weighted by molar-refractivity contribution is 7.90. The van der Waals surface area contributed by atoms with Gasteiger partial charge in [0.05, 0.1) is 13.2 Å². The molecule has 27 heavy (non-hydrogen) atoms. The second kappa shape index (κ2) is 8.08. The number of rotatable bonds is 5. The SMILES string of the molecule is CS(=O)(=O)c1cc(NC(=O)c2ccc(CN3CCOCC3)cc2)ccc1O. The van der Waals surface area contributed by atoms with Gasteiger partial charge in [-0.2, -0.15) is 0 Å². The molecule has 7 nitrogen and oxygen atoms in total. The number of carbonyl (C=O) groups is 1. The molecule has 1 saturated heterocycles. The van der Waals surface area contributed by atoms with E-state index >= 15 is 0 Å². The molecule has 1 heterocycles. The zero-order chi connectivity index (χ0) is 19.4. The highest BCUT2D eigenvalue weighted by Gasteiger charge is 2.15. The summed E-state index contributed by atoms with van der Waals surface area (Å²) in [5.74, 6) is -0.693. The van der Waals surface area contributed by atoms with Crippen LogP contribution in [0.4, 0.5) is 5.69 Å². The molecule has 144 valence electrons. The van der Waals surface area contributed by atoms with E-state index in [0.29, 0.717) is 11.3 Å². The summed E-state index contributed by atoms with van der Waals surface area (Å²) in [4.78, 5) is 14.5. The maximum absolute atomic E-state index is 12.4. The van der Waals surface area contributed by atoms with Crippen molar-refractivity contribution in [2.75, 3.05) is 37.9 Å². The molecule has 1 fully saturated rings. The molecule has 0 radical (unpaired) electrons. The van der Waals surface area contributed by atoms with Crippen molar-refractivity contribution in [3.05, 3.63) is 53.6 Å². The fourth-order valence-corrected chi connectivity index (χ4v) is 3.66. The van der Waals surface area contributed by atoms with Crippen LogP contribution in [0.1, 0.15) is 15.9 Å². The van der Waals surface area contributed by atoms with Crippen LogP contribution < -0.4 is 5.32 Å². The van der Waals surface area contributed by atoms with Crippen molar-refractivity contribution in [2.24, 2.45) is 0 Å². The number of anilines is 1. The first-order chi connectivity index (χ1) is 12.8. The molecule has 2 N–H and O–H groups in total. The van der Waals surface area contributed by atoms with Gasteiger partial charge in [0.25, 0.3) is 5.91 Å². The first-order valence-electron chi connectivity index (χ1n) is 8.56. The zero-order valence-corrected chi connectivity index (χ0v) is 15.8. The van der Waals surface area contributed by atoms with Gasteiger partial charge in [0.2, 0.25) is 0 Å². The van der Waals surface area contributed by atoms with Gasteiger partial charge in [-0.05, 0) is 35.9 Å². The summed E-state index contributed by atoms with van der Waals surface area (Å²) >= 11 is 0. The summed E-state index contributed by atoms with van der Waals surface area (Å²) in [5, 5.41) is 12.3. The van der Waals surface area contributed by atoms with E-state index < -0.39 is 9.84 Å². The van der Waals surface area contributed by atoms with E-state index in [2.05, 4.69) is 10.2 Å². The third kappa shape index (κ3) is 5.06. The number of morpholine rings is 1. The molecule has 0 bridgehead atoms. The standard InChI is InChI=1S/C19H22N2O5S/c1-27(24,25)18-12-16(6-7-17(18)22)20-19(23)15-4-2-14(3-5-15)13-21-8-10-26-11-9-21/h2-7,12,22H,8-11,13H2,1H3,(H,20,23). The van der Waals surface area contributed by atoms with Crippen molar-refractivity contribution in [3.8, 4) is 5.75 Å². The number of nitrogens with zero attached hydrogens (tertiary/aromatic N) is 1. The topological polar surface area (TPSA) is 95.9 Å². The van der Waals surface area contributed by atoms with Gasteiger partial charge in [-0.25, -0.2) is 8.42 Å². The number of hydrogen-bond donors (Lipinski definition) is 2. The number of phenolic OH excluding ortho intramolecular Hbond substituents is 1. The predicted molar refractivity (Wildman–Crippen MR) is 102 cm³/mol. The van der Waals surface area contributed by atoms with Gasteiger partial charge in [-0.3, -0.25) is 9.69 Å². The maximum Gasteiger partial charge on any atom is 0.255 e. The molecule has 8 heteroatoms. The Bertz CT molecular complexity index is 920. The number of nitrogens with one attached hydrogen (secondary N) is 1. The molecule has 2 aromatic carbocycles. The number of phenols is 1. The van der Waals surface area contributed by atoms with E-state index in [1.54, 1.807) is 12.1 Å². The largest absolute Gasteiger partial charge is 0.507 e. The molecule has 0 aliphatic carbocycles. The Morgan fingerprint density at radius 3 is 2.44 bits per heavy atom. The van der Waals surface area contributed by atoms with Crippen molar-refractivity contribution >= 4 is 21.4 Å². The summed E-state index contributed by atoms with van der Waals surface area (Å²) in [6.07, 6.45) is 1.00. The van der Waals surface area contributed by atoms with E-state index in [-0.39, 0.29) is 16.6 Å². The summed E-state index contributed by atoms with van der Waals surface area (Å²) in [7, 11) is -3.59. The molecule has 3 rings (SSSR count). The van der Waals surface area contributed by atoms with Crippen molar-refractivity contribution in [2.45, 2.75) is 11.4 Å². The molecular formula is C19H22N2O5S. The van der Waals surface area contributed by atoms with Crippen molar-refractivity contribution < 1.29 is 23.1 Å². The van der Waals surface area contributed by atoms with Gasteiger partial charge in [0, 0.05) is 37.1 Å². The maximum atomic E-state index is 12.4. The van der Waals surface area contributed by atoms with Gasteiger partial charge in [-0.15, -0.1) is 0 Å². The smallest absolute Gasteiger partial charge is 0.255 e. The minimum atomic E-state index is -3.59. The Labute approximate surface area is 158 Å². The number of aromatic hydroxyl groups is 1. The van der Waals surface area contributed by atoms with Crippen molar-refractivity contribution in [1.29, 1.82) is 0 Å². The van der Waals surface area contributed by atoms with E-state index in [1.807, 2.05) is 12.1 Å². The molecule has 0 unspecified atom stereocenters. The Kier molecular flexibility index (Phi) is 5.79. The second-order valence-corrected chi connectivity index (χ2v) is 8.48. The van der Waals surface area contributed by atoms with Gasteiger partial charge in [0.1, 0.15) is 10.6 Å². The van der Waals surface area contributed by atoms with Crippen LogP contribution >= 0.6 is 0 Å². The van der Waals surface area contributed by atoms with Crippen LogP contribution in [-0.2, 0) is 21.1 Å². The monoisotopic (exact) mass is 390 g/mol. The first kappa shape index (κ1) is 19.3. The lowest BCUT2D eigenvalue weighted by Gasteiger charge is -2.26. The lowest BCUT2D eigenvalue weighted by molar-refractivity contribution is 0.0342. The Morgan fingerprint density at radius 1 is 1.15 bits per heavy atom. The molecule has 0 spiro atoms. The van der Waals surface area contributed by atoms with Crippen LogP contribution in [0, 0.1) is 0 Å². The van der Waals surface area contributed by atoms with Crippen LogP contribution in [-0.4, -0.2) is 56.9 Å². The van der Waals surface area contributed by atoms with E-state index in [1.165, 1.54) is 18.2 Å². The normalized spacial score (nSPS) is 15.4. The van der Waals surface area contributed by atoms with Crippen LogP contribution in [0.2, 0.25) is 0 Å². The van der Waals surface area contributed by atoms with Gasteiger partial charge in [0.15, 0.2) is 9.84 Å². The van der Waals surface area contributed by atoms with E-state index in [9.17, 15) is 18.3 Å². The fourth-order valence-electron chi connectivity index (χ4n) is 2.87. The minimum absolute atomic E-state index is 0.221. The summed E-state index contributed by atoms with van der Waals surface area (Å²) in [5.41, 5.74) is 1.88. The second-order valence-electron chi connectivity index (χ2n) is 6.49. The summed E-state index contributed by atoms with van der Waals surface area (Å²) in [6, 6.07) is 11.2. The van der Waals surface area contributed by atoms with Gasteiger partial charge in [-0.1, -0.05) is 12.1 Å². The van der Waals surface area contributed by atoms with Crippen molar-refractivity contribution in [1.82, 2.24) is 4.90 Å². The van der Waals surface area contributed by atoms with Crippen LogP contribution in [0.25, 0.3) is 0 Å². The summed E-state index contributed by atoms with van der Waals surface area (Å²) < 4.78 is 28.7. The molecule has 1 amide bonds. The van der Waals surface area contributed by atoms with Gasteiger partial charge >= 0.3 is 0 Å². The number of ether oxygens (including phenoxy) is 1. The van der Waals surface area contributed by atoms with E-state index in [4.69, 9.17) is 4.74 Å². The molecule has 1 aliphatic rings. The molecule has 0 atom stereocenters. The zero-order valence-electron chi connectivity index (χ0n) is 15.0. The lowest BCUT2D eigenvalue weighted by atomic mass is 10.1. The molecule has 0 aromatic heterocycles. The molecule has 2 aromatic rings. The Morgan fingerprint density at radius 2 is 1.81 bits per heavy atom. The highest BCUT2D eigenvalue weighted by atomic mass is 32.2. The average molecular weight is 390 g/mol. The molecule has 0 saturated carbocycles. The third-order valence-electron chi connectivity index (χ3n) is 4.34. The van der Waals surface area contributed by atoms with Crippen molar-refractivity contribution in [3.63, 3.8) is 0 Å². The summed E-state index contributed by atoms with van der Waals surface area (Å²) in [6.45, 7) is 4.07. The number of benzene rings is 2. The minimum Gasteiger partial charge on any atom is -0.507 e. The predicted octanol–water partition coefficient (Wildman–Crippen LogP) is 1.88. The first-order valence-corrected chi connectivity index (χ1v) is 10.5. The van der Waals surface area contributed by atoms with Crippen LogP contribution in [0.15, 0.2) is 47.4 Å². The Balaban J connectivity index is 1.67. The van der Waals surface area contributed by atoms with Crippen LogP contribution in [0.3, 0.4) is 0 Å². The van der Waals surface area contributed by atoms with Gasteiger partial charge < -0.3 is 15.2 Å². The number of sulfone groups is 1. The molecular weight excluding hydrogens is 368 g/mol. The molecule has 1 aliphatic heterocycles. The number of carbonyl (C=O) groups excluding carboxylic acids is 1. The highest BCUT2D eigenvalue weighted by Crippen LogP contribution is 2.26. The average Bonchev–Trinajstić information content (AvgIpc) is 2.64. The van der Waals surface area contributed by atoms with E-state index in [0.717, 1.165) is 44.7 Å². The fraction of sp³-hybridized carbons (Fsp3) is 0.316. The number of hydrogen-bond acceptors (Lipinski definition) is 6. The third-order valence-corrected chi connectivity index (χ3v) is 5.47. The Hall–Kier alpha value is -2.42. The number of amides is 1. The van der Waals surface area contributed by atoms with Crippen LogP contribution in [0.5, 0.6) is 5.75 Å².